The molecule has 0 aliphatic carbocycles. The van der Waals surface area contributed by atoms with Gasteiger partial charge in [-0.15, -0.1) is 12.4 Å². The number of nitrogens with one attached hydrogen (secondary N) is 1. The fourth-order valence-corrected chi connectivity index (χ4v) is 3.97. The van der Waals surface area contributed by atoms with E-state index in [0.29, 0.717) is 0 Å². The summed E-state index contributed by atoms with van der Waals surface area (Å²) in [5, 5.41) is 3.54. The molecule has 0 bridgehead atoms. The summed E-state index contributed by atoms with van der Waals surface area (Å²) in [5.74, 6) is 0.950. The van der Waals surface area contributed by atoms with Gasteiger partial charge in [0.25, 0.3) is 5.91 Å². The molecule has 1 heterocycles. The van der Waals surface area contributed by atoms with E-state index in [1.54, 1.807) is 12.0 Å². The van der Waals surface area contributed by atoms with Gasteiger partial charge in [-0.25, -0.2) is 0 Å². The van der Waals surface area contributed by atoms with Gasteiger partial charge in [0.15, 0.2) is 0 Å². The number of carbonyl (C=O) groups is 1. The highest BCUT2D eigenvalue weighted by molar-refractivity contribution is 6.03. The summed E-state index contributed by atoms with van der Waals surface area (Å²) < 4.78 is 5.54. The fraction of sp³-hybridized carbons (Fsp3) is 0.458. The average Bonchev–Trinajstić information content (AvgIpc) is 2.77. The highest BCUT2D eigenvalue weighted by Crippen LogP contribution is 2.35. The Balaban J connectivity index is 0.00000341. The van der Waals surface area contributed by atoms with Crippen LogP contribution < -0.4 is 19.9 Å². The molecule has 6 nitrogen and oxygen atoms in total. The van der Waals surface area contributed by atoms with Crippen LogP contribution in [0.2, 0.25) is 0 Å². The molecule has 2 aromatic rings. The molecular weight excluding hydrogens is 412 g/mol. The first-order chi connectivity index (χ1) is 14.5. The zero-order valence-corrected chi connectivity index (χ0v) is 20.1. The van der Waals surface area contributed by atoms with Gasteiger partial charge in [-0.2, -0.15) is 0 Å². The molecule has 0 spiro atoms. The van der Waals surface area contributed by atoms with Crippen LogP contribution >= 0.6 is 12.4 Å². The number of anilines is 3. The van der Waals surface area contributed by atoms with Crippen LogP contribution in [0.5, 0.6) is 5.75 Å². The minimum atomic E-state index is 0. The molecule has 0 atom stereocenters. The SMILES string of the molecule is CCCNc1c(N2CCN(c3ccccc3OC)CC2)ccc(C)c1C(=O)N(C)C.Cl. The number of benzene rings is 2. The van der Waals surface area contributed by atoms with E-state index < -0.39 is 0 Å². The van der Waals surface area contributed by atoms with E-state index in [-0.39, 0.29) is 18.3 Å². The van der Waals surface area contributed by atoms with Gasteiger partial charge < -0.3 is 24.8 Å². The molecule has 0 aromatic heterocycles. The Hall–Kier alpha value is -2.60. The lowest BCUT2D eigenvalue weighted by atomic mass is 10.0. The number of nitrogens with zero attached hydrogens (tertiary/aromatic N) is 3. The molecule has 2 aromatic carbocycles. The maximum absolute atomic E-state index is 12.9. The van der Waals surface area contributed by atoms with Gasteiger partial charge in [-0.05, 0) is 37.1 Å². The van der Waals surface area contributed by atoms with Crippen LogP contribution in [0, 0.1) is 6.92 Å². The molecule has 170 valence electrons. The third-order valence-corrected chi connectivity index (χ3v) is 5.61. The summed E-state index contributed by atoms with van der Waals surface area (Å²) in [6.45, 7) is 8.57. The predicted octanol–water partition coefficient (Wildman–Crippen LogP) is 4.28. The number of hydrogen-bond donors (Lipinski definition) is 1. The van der Waals surface area contributed by atoms with Crippen molar-refractivity contribution in [3.8, 4) is 5.75 Å². The van der Waals surface area contributed by atoms with Crippen molar-refractivity contribution in [3.05, 3.63) is 47.5 Å². The van der Waals surface area contributed by atoms with Gasteiger partial charge in [-0.1, -0.05) is 25.1 Å². The van der Waals surface area contributed by atoms with E-state index in [9.17, 15) is 4.79 Å². The van der Waals surface area contributed by atoms with Gasteiger partial charge in [0, 0.05) is 46.8 Å². The minimum Gasteiger partial charge on any atom is -0.495 e. The highest BCUT2D eigenvalue weighted by Gasteiger charge is 2.25. The molecule has 1 aliphatic rings. The van der Waals surface area contributed by atoms with Gasteiger partial charge in [0.1, 0.15) is 5.75 Å². The second kappa shape index (κ2) is 11.1. The van der Waals surface area contributed by atoms with Crippen molar-refractivity contribution >= 4 is 35.4 Å². The van der Waals surface area contributed by atoms with E-state index in [2.05, 4.69) is 46.3 Å². The van der Waals surface area contributed by atoms with Crippen LogP contribution in [-0.4, -0.2) is 64.7 Å². The second-order valence-electron chi connectivity index (χ2n) is 7.92. The lowest BCUT2D eigenvalue weighted by molar-refractivity contribution is 0.0828. The average molecular weight is 447 g/mol. The molecule has 0 saturated carbocycles. The summed E-state index contributed by atoms with van der Waals surface area (Å²) in [6.07, 6.45) is 1.00. The monoisotopic (exact) mass is 446 g/mol. The van der Waals surface area contributed by atoms with Crippen LogP contribution in [0.1, 0.15) is 29.3 Å². The van der Waals surface area contributed by atoms with Crippen molar-refractivity contribution in [2.75, 3.05) is 69.0 Å². The zero-order valence-electron chi connectivity index (χ0n) is 19.3. The number of para-hydroxylation sites is 2. The summed E-state index contributed by atoms with van der Waals surface area (Å²) in [4.78, 5) is 19.3. The zero-order chi connectivity index (χ0) is 21.7. The maximum atomic E-state index is 12.9. The smallest absolute Gasteiger partial charge is 0.255 e. The molecule has 1 amide bonds. The van der Waals surface area contributed by atoms with Crippen LogP contribution in [-0.2, 0) is 0 Å². The highest BCUT2D eigenvalue weighted by atomic mass is 35.5. The van der Waals surface area contributed by atoms with Crippen molar-refractivity contribution < 1.29 is 9.53 Å². The largest absolute Gasteiger partial charge is 0.495 e. The van der Waals surface area contributed by atoms with Crippen molar-refractivity contribution in [1.82, 2.24) is 4.90 Å². The Bertz CT molecular complexity index is 880. The third kappa shape index (κ3) is 5.37. The standard InChI is InChI=1S/C24H34N4O2.ClH/c1-6-13-25-23-20(12-11-18(2)22(23)24(29)26(3)4)28-16-14-27(15-17-28)19-9-7-8-10-21(19)30-5;/h7-12,25H,6,13-17H2,1-5H3;1H. The van der Waals surface area contributed by atoms with Gasteiger partial charge >= 0.3 is 0 Å². The predicted molar refractivity (Wildman–Crippen MR) is 133 cm³/mol. The maximum Gasteiger partial charge on any atom is 0.255 e. The van der Waals surface area contributed by atoms with Crippen molar-refractivity contribution in [2.45, 2.75) is 20.3 Å². The Morgan fingerprint density at radius 1 is 1.03 bits per heavy atom. The van der Waals surface area contributed by atoms with Crippen LogP contribution in [0.3, 0.4) is 0 Å². The Morgan fingerprint density at radius 2 is 1.65 bits per heavy atom. The van der Waals surface area contributed by atoms with E-state index in [1.807, 2.05) is 33.2 Å². The second-order valence-corrected chi connectivity index (χ2v) is 7.92. The number of aryl methyl sites for hydroxylation is 1. The molecule has 1 fully saturated rings. The molecule has 31 heavy (non-hydrogen) atoms. The molecule has 0 unspecified atom stereocenters. The van der Waals surface area contributed by atoms with E-state index in [4.69, 9.17) is 4.74 Å². The van der Waals surface area contributed by atoms with E-state index >= 15 is 0 Å². The molecule has 1 aliphatic heterocycles. The topological polar surface area (TPSA) is 48.1 Å². The van der Waals surface area contributed by atoms with Gasteiger partial charge in [0.2, 0.25) is 0 Å². The quantitative estimate of drug-likeness (QED) is 0.688. The Morgan fingerprint density at radius 3 is 2.23 bits per heavy atom. The Labute approximate surface area is 192 Å². The number of rotatable bonds is 7. The molecule has 1 saturated heterocycles. The van der Waals surface area contributed by atoms with Crippen LogP contribution in [0.25, 0.3) is 0 Å². The van der Waals surface area contributed by atoms with E-state index in [1.165, 1.54) is 0 Å². The number of carbonyl (C=O) groups excluding carboxylic acids is 1. The van der Waals surface area contributed by atoms with Crippen molar-refractivity contribution in [1.29, 1.82) is 0 Å². The normalized spacial score (nSPS) is 13.5. The fourth-order valence-electron chi connectivity index (χ4n) is 3.97. The first kappa shape index (κ1) is 24.7. The first-order valence-corrected chi connectivity index (χ1v) is 10.7. The number of hydrogen-bond acceptors (Lipinski definition) is 5. The number of amides is 1. The van der Waals surface area contributed by atoms with Crippen LogP contribution in [0.4, 0.5) is 17.1 Å². The minimum absolute atomic E-state index is 0. The summed E-state index contributed by atoms with van der Waals surface area (Å²) >= 11 is 0. The third-order valence-electron chi connectivity index (χ3n) is 5.61. The Kier molecular flexibility index (Phi) is 8.87. The summed E-state index contributed by atoms with van der Waals surface area (Å²) in [6, 6.07) is 12.4. The summed E-state index contributed by atoms with van der Waals surface area (Å²) in [7, 11) is 5.34. The van der Waals surface area contributed by atoms with Crippen LogP contribution in [0.15, 0.2) is 36.4 Å². The summed E-state index contributed by atoms with van der Waals surface area (Å²) in [5.41, 5.74) is 4.98. The lowest BCUT2D eigenvalue weighted by Crippen LogP contribution is -2.47. The molecule has 7 heteroatoms. The number of piperazine rings is 1. The number of halogens is 1. The van der Waals surface area contributed by atoms with E-state index in [0.717, 1.165) is 73.1 Å². The van der Waals surface area contributed by atoms with Gasteiger partial charge in [-0.3, -0.25) is 4.79 Å². The molecule has 0 radical (unpaired) electrons. The molecule has 3 rings (SSSR count). The van der Waals surface area contributed by atoms with Gasteiger partial charge in [0.05, 0.1) is 29.7 Å². The number of ether oxygens (including phenoxy) is 1. The number of methoxy groups -OCH3 is 1. The molecular formula is C24H35ClN4O2. The first-order valence-electron chi connectivity index (χ1n) is 10.7. The molecule has 1 N–H and O–H groups in total. The van der Waals surface area contributed by atoms with Crippen molar-refractivity contribution in [2.24, 2.45) is 0 Å². The lowest BCUT2D eigenvalue weighted by Gasteiger charge is -2.39. The van der Waals surface area contributed by atoms with Crippen molar-refractivity contribution in [3.63, 3.8) is 0 Å².